The number of H-pyrrole nitrogens is 1. The van der Waals surface area contributed by atoms with E-state index in [-0.39, 0.29) is 23.1 Å². The number of pyridine rings is 1. The first-order valence-electron chi connectivity index (χ1n) is 11.8. The monoisotopic (exact) mass is 500 g/mol. The van der Waals surface area contributed by atoms with E-state index in [0.717, 1.165) is 16.8 Å². The molecule has 1 atom stereocenters. The fourth-order valence-corrected chi connectivity index (χ4v) is 4.40. The number of benzene rings is 2. The van der Waals surface area contributed by atoms with E-state index in [1.807, 2.05) is 39.0 Å². The zero-order valence-corrected chi connectivity index (χ0v) is 21.0. The Morgan fingerprint density at radius 2 is 1.81 bits per heavy atom. The maximum absolute atomic E-state index is 14.4. The minimum atomic E-state index is -0.681. The van der Waals surface area contributed by atoms with Gasteiger partial charge in [0.05, 0.1) is 17.1 Å². The molecule has 0 aliphatic heterocycles. The number of aryl methyl sites for hydroxylation is 3. The summed E-state index contributed by atoms with van der Waals surface area (Å²) in [6.07, 6.45) is 0. The van der Waals surface area contributed by atoms with E-state index in [4.69, 9.17) is 4.42 Å². The molecule has 0 bridgehead atoms. The van der Waals surface area contributed by atoms with Crippen molar-refractivity contribution in [3.05, 3.63) is 97.0 Å². The Kier molecular flexibility index (Phi) is 5.99. The zero-order chi connectivity index (χ0) is 26.4. The third kappa shape index (κ3) is 4.44. The maximum atomic E-state index is 14.4. The maximum Gasteiger partial charge on any atom is 0.439 e. The number of halogens is 1. The van der Waals surface area contributed by atoms with E-state index >= 15 is 0 Å². The molecule has 0 aliphatic rings. The number of aromatic nitrogens is 3. The molecule has 2 N–H and O–H groups in total. The van der Waals surface area contributed by atoms with Crippen LogP contribution in [0.3, 0.4) is 0 Å². The molecule has 0 saturated carbocycles. The van der Waals surface area contributed by atoms with Crippen LogP contribution in [-0.2, 0) is 0 Å². The van der Waals surface area contributed by atoms with Gasteiger partial charge < -0.3 is 9.73 Å². The first kappa shape index (κ1) is 24.2. The number of anilines is 1. The molecule has 9 heteroatoms. The van der Waals surface area contributed by atoms with Gasteiger partial charge in [0.25, 0.3) is 0 Å². The normalized spacial score (nSPS) is 12.2. The second-order valence-electron chi connectivity index (χ2n) is 9.24. The number of hydrogen-bond acceptors (Lipinski definition) is 7. The van der Waals surface area contributed by atoms with Crippen molar-refractivity contribution in [2.45, 2.75) is 40.7 Å². The van der Waals surface area contributed by atoms with Crippen molar-refractivity contribution < 1.29 is 13.3 Å². The number of hydrogen-bond donors (Lipinski definition) is 2. The van der Waals surface area contributed by atoms with Gasteiger partial charge in [-0.25, -0.2) is 14.2 Å². The predicted molar refractivity (Wildman–Crippen MR) is 139 cm³/mol. The van der Waals surface area contributed by atoms with E-state index in [9.17, 15) is 14.0 Å². The largest absolute Gasteiger partial charge is 0.455 e. The molecule has 0 fully saturated rings. The van der Waals surface area contributed by atoms with Crippen LogP contribution in [0.4, 0.5) is 10.1 Å². The van der Waals surface area contributed by atoms with Gasteiger partial charge in [-0.2, -0.15) is 0 Å². The summed E-state index contributed by atoms with van der Waals surface area (Å²) in [7, 11) is 0. The fourth-order valence-electron chi connectivity index (χ4n) is 4.40. The second-order valence-corrected chi connectivity index (χ2v) is 9.24. The number of nitrogens with zero attached hydrogens (tertiary/aromatic N) is 2. The molecule has 3 aromatic heterocycles. The molecule has 5 aromatic rings. The summed E-state index contributed by atoms with van der Waals surface area (Å²) in [5, 5.41) is 7.62. The Morgan fingerprint density at radius 1 is 1.03 bits per heavy atom. The Balaban J connectivity index is 1.65. The highest BCUT2D eigenvalue weighted by Crippen LogP contribution is 2.34. The Morgan fingerprint density at radius 3 is 2.51 bits per heavy atom. The van der Waals surface area contributed by atoms with Gasteiger partial charge in [-0.05, 0) is 70.0 Å². The third-order valence-electron chi connectivity index (χ3n) is 6.36. The molecule has 3 heterocycles. The first-order valence-corrected chi connectivity index (χ1v) is 11.8. The van der Waals surface area contributed by atoms with Gasteiger partial charge in [-0.15, -0.1) is 0 Å². The smallest absolute Gasteiger partial charge is 0.439 e. The average Bonchev–Trinajstić information content (AvgIpc) is 3.30. The van der Waals surface area contributed by atoms with Crippen molar-refractivity contribution >= 4 is 16.7 Å². The van der Waals surface area contributed by atoms with Crippen LogP contribution in [0.15, 0.2) is 61.0 Å². The lowest BCUT2D eigenvalue weighted by Gasteiger charge is -2.20. The highest BCUT2D eigenvalue weighted by atomic mass is 19.1. The topological polar surface area (TPSA) is 114 Å². The van der Waals surface area contributed by atoms with Gasteiger partial charge in [0.1, 0.15) is 22.9 Å². The van der Waals surface area contributed by atoms with Gasteiger partial charge in [0, 0.05) is 22.4 Å². The summed E-state index contributed by atoms with van der Waals surface area (Å²) in [5.41, 5.74) is 5.03. The van der Waals surface area contributed by atoms with Crippen LogP contribution in [-0.4, -0.2) is 15.1 Å². The lowest BCUT2D eigenvalue weighted by Crippen LogP contribution is -2.13. The van der Waals surface area contributed by atoms with Crippen LogP contribution >= 0.6 is 0 Å². The molecule has 0 aliphatic carbocycles. The van der Waals surface area contributed by atoms with E-state index in [1.165, 1.54) is 6.07 Å². The van der Waals surface area contributed by atoms with Gasteiger partial charge in [-0.1, -0.05) is 23.4 Å². The zero-order valence-electron chi connectivity index (χ0n) is 21.0. The molecule has 37 heavy (non-hydrogen) atoms. The van der Waals surface area contributed by atoms with Crippen LogP contribution < -0.4 is 16.5 Å². The van der Waals surface area contributed by atoms with E-state index in [0.29, 0.717) is 44.8 Å². The molecule has 0 unspecified atom stereocenters. The lowest BCUT2D eigenvalue weighted by molar-refractivity contribution is 0.388. The van der Waals surface area contributed by atoms with Crippen molar-refractivity contribution in [2.24, 2.45) is 0 Å². The second kappa shape index (κ2) is 9.16. The van der Waals surface area contributed by atoms with Crippen molar-refractivity contribution in [1.29, 1.82) is 0 Å². The van der Waals surface area contributed by atoms with E-state index in [2.05, 4.69) is 25.0 Å². The van der Waals surface area contributed by atoms with Crippen molar-refractivity contribution in [1.82, 2.24) is 15.1 Å². The van der Waals surface area contributed by atoms with Crippen molar-refractivity contribution in [2.75, 3.05) is 5.32 Å². The Labute approximate surface area is 211 Å². The van der Waals surface area contributed by atoms with Gasteiger partial charge in [-0.3, -0.25) is 14.3 Å². The van der Waals surface area contributed by atoms with Crippen molar-refractivity contribution in [3.8, 4) is 22.8 Å². The predicted octanol–water partition coefficient (Wildman–Crippen LogP) is 5.74. The average molecular weight is 501 g/mol. The molecule has 5 rings (SSSR count). The summed E-state index contributed by atoms with van der Waals surface area (Å²) in [4.78, 5) is 32.0. The molecule has 0 amide bonds. The minimum Gasteiger partial charge on any atom is -0.455 e. The molecule has 8 nitrogen and oxygen atoms in total. The lowest BCUT2D eigenvalue weighted by atomic mass is 9.98. The summed E-state index contributed by atoms with van der Waals surface area (Å²) in [5.74, 6) is -0.529. The van der Waals surface area contributed by atoms with Crippen molar-refractivity contribution in [3.63, 3.8) is 0 Å². The molecular formula is C28H25FN4O4. The quantitative estimate of drug-likeness (QED) is 0.316. The molecule has 0 spiro atoms. The molecule has 0 radical (unpaired) electrons. The highest BCUT2D eigenvalue weighted by molar-refractivity contribution is 5.85. The minimum absolute atomic E-state index is 0.174. The van der Waals surface area contributed by atoms with Gasteiger partial charge in [0.15, 0.2) is 5.43 Å². The third-order valence-corrected chi connectivity index (χ3v) is 6.36. The van der Waals surface area contributed by atoms with E-state index in [1.54, 1.807) is 32.0 Å². The van der Waals surface area contributed by atoms with Crippen LogP contribution in [0, 0.1) is 33.5 Å². The van der Waals surface area contributed by atoms with Crippen LogP contribution in [0.2, 0.25) is 0 Å². The summed E-state index contributed by atoms with van der Waals surface area (Å²) >= 11 is 0. The highest BCUT2D eigenvalue weighted by Gasteiger charge is 2.21. The number of nitrogens with one attached hydrogen (secondary N) is 2. The standard InChI is InChI=1S/C28H25FN4O4/c1-13-10-19(17(5)31-22-9-7-15(3)30-23(22)27-32-28(35)37-33-27)26-20(11-13)24(34)16(4)25(36-26)18-8-6-14(2)21(29)12-18/h6-12,17,31H,1-5H3,(H,32,33,35)/t17-/m1/s1. The molecular weight excluding hydrogens is 475 g/mol. The van der Waals surface area contributed by atoms with Crippen LogP contribution in [0.25, 0.3) is 33.8 Å². The summed E-state index contributed by atoms with van der Waals surface area (Å²) < 4.78 is 25.4. The van der Waals surface area contributed by atoms with E-state index < -0.39 is 5.76 Å². The van der Waals surface area contributed by atoms with Crippen LogP contribution in [0.5, 0.6) is 0 Å². The van der Waals surface area contributed by atoms with Gasteiger partial charge in [0.2, 0.25) is 5.82 Å². The first-order chi connectivity index (χ1) is 17.6. The number of fused-ring (bicyclic) bond motifs is 1. The SMILES string of the molecule is Cc1cc([C@@H](C)Nc2ccc(C)nc2-c2noc(=O)[nH]2)c2oc(-c3ccc(C)c(F)c3)c(C)c(=O)c2c1. The number of rotatable bonds is 5. The van der Waals surface area contributed by atoms with Crippen LogP contribution in [0.1, 0.15) is 40.9 Å². The Bertz CT molecular complexity index is 1780. The summed E-state index contributed by atoms with van der Waals surface area (Å²) in [6, 6.07) is 11.8. The molecule has 0 saturated heterocycles. The molecule has 2 aromatic carbocycles. The van der Waals surface area contributed by atoms with Gasteiger partial charge >= 0.3 is 5.76 Å². The number of aromatic amines is 1. The fraction of sp³-hybridized carbons (Fsp3) is 0.214. The molecule has 188 valence electrons. The Hall–Kier alpha value is -4.53. The summed E-state index contributed by atoms with van der Waals surface area (Å²) in [6.45, 7) is 9.03.